The van der Waals surface area contributed by atoms with E-state index in [4.69, 9.17) is 4.98 Å². The maximum Gasteiger partial charge on any atom is 0.127 e. The van der Waals surface area contributed by atoms with E-state index in [1.807, 2.05) is 42.9 Å². The van der Waals surface area contributed by atoms with Crippen molar-refractivity contribution in [3.8, 4) is 0 Å². The average molecular weight is 374 g/mol. The maximum absolute atomic E-state index is 14.1. The lowest BCUT2D eigenvalue weighted by Gasteiger charge is -2.26. The molecular formula is C23H23FN4. The third kappa shape index (κ3) is 3.06. The molecule has 0 bridgehead atoms. The smallest absolute Gasteiger partial charge is 0.127 e. The highest BCUT2D eigenvalue weighted by atomic mass is 19.1. The number of fused-ring (bicyclic) bond motifs is 2. The van der Waals surface area contributed by atoms with Gasteiger partial charge in [0, 0.05) is 55.7 Å². The number of pyridine rings is 2. The third-order valence-corrected chi connectivity index (χ3v) is 6.00. The largest absolute Gasteiger partial charge is 0.365 e. The van der Waals surface area contributed by atoms with Gasteiger partial charge in [-0.25, -0.2) is 4.39 Å². The van der Waals surface area contributed by atoms with Crippen molar-refractivity contribution in [3.63, 3.8) is 0 Å². The first-order valence-electron chi connectivity index (χ1n) is 9.79. The molecule has 1 atom stereocenters. The summed E-state index contributed by atoms with van der Waals surface area (Å²) >= 11 is 0. The van der Waals surface area contributed by atoms with Gasteiger partial charge in [-0.1, -0.05) is 24.3 Å². The van der Waals surface area contributed by atoms with E-state index in [9.17, 15) is 4.39 Å². The molecule has 5 rings (SSSR count). The molecule has 2 aliphatic heterocycles. The fourth-order valence-corrected chi connectivity index (χ4v) is 4.72. The molecule has 2 aromatic heterocycles. The SMILES string of the molecule is Fc1ccccc1CN1CC[C@@]2(C1)CN(Cc1cccnc1)c1cccnc12. The lowest BCUT2D eigenvalue weighted by molar-refractivity contribution is 0.300. The van der Waals surface area contributed by atoms with Crippen molar-refractivity contribution in [2.75, 3.05) is 24.5 Å². The standard InChI is InChI=1S/C23H23FN4/c24-20-7-2-1-6-19(20)15-27-12-9-23(16-27)17-28(14-18-5-3-10-25-13-18)21-8-4-11-26-22(21)23/h1-8,10-11,13H,9,12,14-17H2/t23-/m1/s1. The summed E-state index contributed by atoms with van der Waals surface area (Å²) in [7, 11) is 0. The van der Waals surface area contributed by atoms with E-state index < -0.39 is 0 Å². The van der Waals surface area contributed by atoms with Gasteiger partial charge in [0.25, 0.3) is 0 Å². The highest BCUT2D eigenvalue weighted by Crippen LogP contribution is 2.45. The number of hydrogen-bond acceptors (Lipinski definition) is 4. The van der Waals surface area contributed by atoms with E-state index in [0.29, 0.717) is 6.54 Å². The second-order valence-corrected chi connectivity index (χ2v) is 7.92. The molecule has 1 saturated heterocycles. The van der Waals surface area contributed by atoms with E-state index in [1.54, 1.807) is 12.1 Å². The minimum atomic E-state index is -0.119. The van der Waals surface area contributed by atoms with Gasteiger partial charge in [-0.15, -0.1) is 0 Å². The number of likely N-dealkylation sites (tertiary alicyclic amines) is 1. The number of hydrogen-bond donors (Lipinski definition) is 0. The monoisotopic (exact) mass is 374 g/mol. The summed E-state index contributed by atoms with van der Waals surface area (Å²) < 4.78 is 14.1. The molecule has 3 aromatic rings. The van der Waals surface area contributed by atoms with E-state index in [1.165, 1.54) is 16.9 Å². The van der Waals surface area contributed by atoms with Gasteiger partial charge >= 0.3 is 0 Å². The first-order valence-corrected chi connectivity index (χ1v) is 9.79. The molecule has 0 amide bonds. The highest BCUT2D eigenvalue weighted by molar-refractivity contribution is 5.60. The van der Waals surface area contributed by atoms with E-state index in [-0.39, 0.29) is 11.2 Å². The summed E-state index contributed by atoms with van der Waals surface area (Å²) in [5.41, 5.74) is 4.40. The van der Waals surface area contributed by atoms with Gasteiger partial charge in [-0.3, -0.25) is 14.9 Å². The van der Waals surface area contributed by atoms with Crippen molar-refractivity contribution < 1.29 is 4.39 Å². The molecule has 28 heavy (non-hydrogen) atoms. The molecule has 1 fully saturated rings. The maximum atomic E-state index is 14.1. The molecule has 142 valence electrons. The number of anilines is 1. The van der Waals surface area contributed by atoms with Crippen LogP contribution in [0.4, 0.5) is 10.1 Å². The molecule has 0 aliphatic carbocycles. The van der Waals surface area contributed by atoms with Crippen LogP contribution in [0, 0.1) is 5.82 Å². The average Bonchev–Trinajstić information content (AvgIpc) is 3.26. The predicted octanol–water partition coefficient (Wildman–Crippen LogP) is 3.78. The van der Waals surface area contributed by atoms with Crippen LogP contribution in [0.2, 0.25) is 0 Å². The van der Waals surface area contributed by atoms with Crippen molar-refractivity contribution in [2.45, 2.75) is 24.9 Å². The Labute approximate surface area is 164 Å². The summed E-state index contributed by atoms with van der Waals surface area (Å²) in [5.74, 6) is -0.119. The molecular weight excluding hydrogens is 351 g/mol. The quantitative estimate of drug-likeness (QED) is 0.696. The molecule has 5 heteroatoms. The number of aromatic nitrogens is 2. The Morgan fingerprint density at radius 2 is 1.86 bits per heavy atom. The minimum Gasteiger partial charge on any atom is -0.365 e. The zero-order chi connectivity index (χ0) is 19.0. The van der Waals surface area contributed by atoms with Crippen molar-refractivity contribution in [2.24, 2.45) is 0 Å². The van der Waals surface area contributed by atoms with Crippen LogP contribution in [-0.4, -0.2) is 34.5 Å². The molecule has 4 nitrogen and oxygen atoms in total. The van der Waals surface area contributed by atoms with Crippen LogP contribution in [0.25, 0.3) is 0 Å². The van der Waals surface area contributed by atoms with Gasteiger partial charge in [-0.2, -0.15) is 0 Å². The minimum absolute atomic E-state index is 0.0179. The lowest BCUT2D eigenvalue weighted by Crippen LogP contribution is -2.36. The van der Waals surface area contributed by atoms with Gasteiger partial charge in [0.05, 0.1) is 11.4 Å². The van der Waals surface area contributed by atoms with Gasteiger partial charge in [0.1, 0.15) is 5.82 Å². The van der Waals surface area contributed by atoms with Crippen molar-refractivity contribution >= 4 is 5.69 Å². The molecule has 0 unspecified atom stereocenters. The van der Waals surface area contributed by atoms with Crippen LogP contribution in [0.3, 0.4) is 0 Å². The van der Waals surface area contributed by atoms with Gasteiger partial charge in [-0.05, 0) is 42.8 Å². The third-order valence-electron chi connectivity index (χ3n) is 6.00. The Hall–Kier alpha value is -2.79. The molecule has 1 aromatic carbocycles. The van der Waals surface area contributed by atoms with E-state index >= 15 is 0 Å². The molecule has 0 N–H and O–H groups in total. The van der Waals surface area contributed by atoms with Crippen LogP contribution in [0.5, 0.6) is 0 Å². The van der Waals surface area contributed by atoms with E-state index in [0.717, 1.165) is 38.2 Å². The summed E-state index contributed by atoms with van der Waals surface area (Å²) in [6.45, 7) is 4.31. The Bertz CT molecular complexity index is 977. The van der Waals surface area contributed by atoms with Crippen molar-refractivity contribution in [3.05, 3.63) is 89.8 Å². The Balaban J connectivity index is 1.39. The van der Waals surface area contributed by atoms with Crippen LogP contribution in [0.15, 0.2) is 67.1 Å². The molecule has 1 spiro atoms. The lowest BCUT2D eigenvalue weighted by atomic mass is 9.85. The molecule has 4 heterocycles. The van der Waals surface area contributed by atoms with Gasteiger partial charge < -0.3 is 4.90 Å². The number of benzene rings is 1. The fraction of sp³-hybridized carbons (Fsp3) is 0.304. The summed E-state index contributed by atoms with van der Waals surface area (Å²) in [6, 6.07) is 15.4. The number of halogens is 1. The second kappa shape index (κ2) is 6.99. The van der Waals surface area contributed by atoms with Crippen LogP contribution < -0.4 is 4.90 Å². The topological polar surface area (TPSA) is 32.3 Å². The summed E-state index contributed by atoms with van der Waals surface area (Å²) in [6.07, 6.45) is 6.69. The second-order valence-electron chi connectivity index (χ2n) is 7.92. The molecule has 2 aliphatic rings. The fourth-order valence-electron chi connectivity index (χ4n) is 4.72. The highest BCUT2D eigenvalue weighted by Gasteiger charge is 2.48. The first kappa shape index (κ1) is 17.3. The van der Waals surface area contributed by atoms with Crippen LogP contribution in [0.1, 0.15) is 23.2 Å². The molecule has 0 radical (unpaired) electrons. The molecule has 0 saturated carbocycles. The zero-order valence-electron chi connectivity index (χ0n) is 15.8. The Morgan fingerprint density at radius 1 is 0.964 bits per heavy atom. The Morgan fingerprint density at radius 3 is 2.71 bits per heavy atom. The summed E-state index contributed by atoms with van der Waals surface area (Å²) in [4.78, 5) is 13.8. The van der Waals surface area contributed by atoms with Gasteiger partial charge in [0.2, 0.25) is 0 Å². The normalized spacial score (nSPS) is 21.4. The van der Waals surface area contributed by atoms with Gasteiger partial charge in [0.15, 0.2) is 0 Å². The predicted molar refractivity (Wildman–Crippen MR) is 107 cm³/mol. The van der Waals surface area contributed by atoms with E-state index in [2.05, 4.69) is 26.9 Å². The first-order chi connectivity index (χ1) is 13.7. The van der Waals surface area contributed by atoms with Crippen molar-refractivity contribution in [1.82, 2.24) is 14.9 Å². The number of nitrogens with zero attached hydrogens (tertiary/aromatic N) is 4. The Kier molecular flexibility index (Phi) is 4.32. The van der Waals surface area contributed by atoms with Crippen LogP contribution >= 0.6 is 0 Å². The van der Waals surface area contributed by atoms with Crippen molar-refractivity contribution in [1.29, 1.82) is 0 Å². The summed E-state index contributed by atoms with van der Waals surface area (Å²) in [5, 5.41) is 0. The van der Waals surface area contributed by atoms with Crippen LogP contribution in [-0.2, 0) is 18.5 Å². The zero-order valence-corrected chi connectivity index (χ0v) is 15.8. The number of rotatable bonds is 4.